The average molecular weight is 295 g/mol. The number of aldehydes is 1. The SMILES string of the molecule is O=CCC/C(Cl)=C(/C#Cc1ccccc1)c1ccccc1. The molecule has 1 nitrogen and oxygen atoms in total. The molecule has 0 fully saturated rings. The summed E-state index contributed by atoms with van der Waals surface area (Å²) in [6.07, 6.45) is 1.79. The first kappa shape index (κ1) is 15.1. The molecule has 0 spiro atoms. The zero-order valence-electron chi connectivity index (χ0n) is 11.6. The molecule has 0 bridgehead atoms. The van der Waals surface area contributed by atoms with E-state index in [4.69, 9.17) is 11.6 Å². The Balaban J connectivity index is 2.38. The molecule has 0 atom stereocenters. The van der Waals surface area contributed by atoms with Crippen molar-refractivity contribution >= 4 is 23.5 Å². The Morgan fingerprint density at radius 3 is 2.24 bits per heavy atom. The summed E-state index contributed by atoms with van der Waals surface area (Å²) >= 11 is 6.34. The summed E-state index contributed by atoms with van der Waals surface area (Å²) in [5.74, 6) is 6.26. The number of carbonyl (C=O) groups is 1. The summed E-state index contributed by atoms with van der Waals surface area (Å²) in [5.41, 5.74) is 2.69. The molecule has 2 rings (SSSR count). The Morgan fingerprint density at radius 1 is 1.00 bits per heavy atom. The van der Waals surface area contributed by atoms with Crippen molar-refractivity contribution in [3.63, 3.8) is 0 Å². The fourth-order valence-corrected chi connectivity index (χ4v) is 2.13. The lowest BCUT2D eigenvalue weighted by Gasteiger charge is -2.04. The Bertz CT molecular complexity index is 676. The predicted molar refractivity (Wildman–Crippen MR) is 87.8 cm³/mol. The van der Waals surface area contributed by atoms with Crippen LogP contribution < -0.4 is 0 Å². The summed E-state index contributed by atoms with van der Waals surface area (Å²) < 4.78 is 0. The second-order valence-corrected chi connectivity index (χ2v) is 4.92. The molecule has 0 aliphatic heterocycles. The van der Waals surface area contributed by atoms with Gasteiger partial charge in [0.25, 0.3) is 0 Å². The molecule has 0 aliphatic rings. The second-order valence-electron chi connectivity index (χ2n) is 4.47. The lowest BCUT2D eigenvalue weighted by Crippen LogP contribution is -1.87. The van der Waals surface area contributed by atoms with Crippen LogP contribution in [0, 0.1) is 11.8 Å². The molecule has 104 valence electrons. The van der Waals surface area contributed by atoms with Crippen molar-refractivity contribution in [1.29, 1.82) is 0 Å². The van der Waals surface area contributed by atoms with Gasteiger partial charge in [-0.05, 0) is 24.1 Å². The summed E-state index contributed by atoms with van der Waals surface area (Å²) in [6, 6.07) is 19.5. The van der Waals surface area contributed by atoms with Gasteiger partial charge in [-0.1, -0.05) is 72.0 Å². The molecule has 0 aromatic heterocycles. The molecule has 0 aliphatic carbocycles. The molecule has 0 amide bonds. The van der Waals surface area contributed by atoms with E-state index in [2.05, 4.69) is 11.8 Å². The number of benzene rings is 2. The van der Waals surface area contributed by atoms with E-state index in [1.165, 1.54) is 0 Å². The first-order chi connectivity index (χ1) is 10.3. The highest BCUT2D eigenvalue weighted by atomic mass is 35.5. The van der Waals surface area contributed by atoms with Crippen LogP contribution in [0.2, 0.25) is 0 Å². The van der Waals surface area contributed by atoms with Crippen LogP contribution in [0.25, 0.3) is 5.57 Å². The number of carbonyl (C=O) groups excluding carboxylic acids is 1. The van der Waals surface area contributed by atoms with Gasteiger partial charge in [0.2, 0.25) is 0 Å². The van der Waals surface area contributed by atoms with Crippen molar-refractivity contribution in [2.24, 2.45) is 0 Å². The highest BCUT2D eigenvalue weighted by Gasteiger charge is 2.05. The van der Waals surface area contributed by atoms with Crippen molar-refractivity contribution in [2.75, 3.05) is 0 Å². The molecule has 0 heterocycles. The van der Waals surface area contributed by atoms with Crippen LogP contribution in [0.15, 0.2) is 65.7 Å². The highest BCUT2D eigenvalue weighted by Crippen LogP contribution is 2.24. The third-order valence-corrected chi connectivity index (χ3v) is 3.30. The van der Waals surface area contributed by atoms with Gasteiger partial charge in [0.1, 0.15) is 6.29 Å². The highest BCUT2D eigenvalue weighted by molar-refractivity contribution is 6.33. The molecule has 0 radical (unpaired) electrons. The normalized spacial score (nSPS) is 11.1. The number of hydrogen-bond donors (Lipinski definition) is 0. The van der Waals surface area contributed by atoms with E-state index < -0.39 is 0 Å². The third kappa shape index (κ3) is 4.63. The van der Waals surface area contributed by atoms with Gasteiger partial charge in [0, 0.05) is 22.6 Å². The summed E-state index contributed by atoms with van der Waals surface area (Å²) in [6.45, 7) is 0. The fraction of sp³-hybridized carbons (Fsp3) is 0.105. The van der Waals surface area contributed by atoms with Crippen LogP contribution in [-0.4, -0.2) is 6.29 Å². The molecule has 21 heavy (non-hydrogen) atoms. The smallest absolute Gasteiger partial charge is 0.120 e. The van der Waals surface area contributed by atoms with Crippen LogP contribution >= 0.6 is 11.6 Å². The van der Waals surface area contributed by atoms with Gasteiger partial charge in [-0.25, -0.2) is 0 Å². The molecular formula is C19H15ClO. The topological polar surface area (TPSA) is 17.1 Å². The largest absolute Gasteiger partial charge is 0.303 e. The molecule has 2 aromatic rings. The number of hydrogen-bond acceptors (Lipinski definition) is 1. The second kappa shape index (κ2) is 8.09. The van der Waals surface area contributed by atoms with Gasteiger partial charge < -0.3 is 4.79 Å². The van der Waals surface area contributed by atoms with E-state index >= 15 is 0 Å². The lowest BCUT2D eigenvalue weighted by atomic mass is 10.0. The van der Waals surface area contributed by atoms with Crippen LogP contribution in [0.1, 0.15) is 24.0 Å². The zero-order chi connectivity index (χ0) is 14.9. The van der Waals surface area contributed by atoms with Crippen molar-refractivity contribution in [2.45, 2.75) is 12.8 Å². The van der Waals surface area contributed by atoms with Crippen molar-refractivity contribution in [3.05, 3.63) is 76.8 Å². The minimum Gasteiger partial charge on any atom is -0.303 e. The predicted octanol–water partition coefficient (Wildman–Crippen LogP) is 4.67. The Hall–Kier alpha value is -2.30. The first-order valence-electron chi connectivity index (χ1n) is 6.76. The van der Waals surface area contributed by atoms with Gasteiger partial charge in [0.05, 0.1) is 0 Å². The Morgan fingerprint density at radius 2 is 1.62 bits per heavy atom. The van der Waals surface area contributed by atoms with Crippen LogP contribution in [-0.2, 0) is 4.79 Å². The molecule has 2 heteroatoms. The summed E-state index contributed by atoms with van der Waals surface area (Å²) in [4.78, 5) is 10.5. The maximum atomic E-state index is 10.5. The van der Waals surface area contributed by atoms with Gasteiger partial charge >= 0.3 is 0 Å². The average Bonchev–Trinajstić information content (AvgIpc) is 2.55. The van der Waals surface area contributed by atoms with Crippen LogP contribution in [0.3, 0.4) is 0 Å². The number of rotatable bonds is 4. The maximum absolute atomic E-state index is 10.5. The van der Waals surface area contributed by atoms with Crippen LogP contribution in [0.5, 0.6) is 0 Å². The number of halogens is 1. The third-order valence-electron chi connectivity index (χ3n) is 2.92. The standard InChI is InChI=1S/C19H15ClO/c20-19(12-7-15-21)18(17-10-5-2-6-11-17)14-13-16-8-3-1-4-9-16/h1-6,8-11,15H,7,12H2/b19-18+. The molecule has 0 N–H and O–H groups in total. The monoisotopic (exact) mass is 294 g/mol. The summed E-state index contributed by atoms with van der Waals surface area (Å²) in [5, 5.41) is 0.622. The van der Waals surface area contributed by atoms with Gasteiger partial charge in [-0.15, -0.1) is 0 Å². The molecule has 2 aromatic carbocycles. The zero-order valence-corrected chi connectivity index (χ0v) is 12.3. The molecule has 0 unspecified atom stereocenters. The van der Waals surface area contributed by atoms with Gasteiger partial charge in [-0.3, -0.25) is 0 Å². The molecule has 0 saturated carbocycles. The molecule has 0 saturated heterocycles. The van der Waals surface area contributed by atoms with E-state index in [1.807, 2.05) is 60.7 Å². The minimum absolute atomic E-state index is 0.405. The van der Waals surface area contributed by atoms with Gasteiger partial charge in [-0.2, -0.15) is 0 Å². The molecular weight excluding hydrogens is 280 g/mol. The van der Waals surface area contributed by atoms with E-state index in [0.29, 0.717) is 17.9 Å². The first-order valence-corrected chi connectivity index (χ1v) is 7.14. The van der Waals surface area contributed by atoms with Crippen LogP contribution in [0.4, 0.5) is 0 Å². The maximum Gasteiger partial charge on any atom is 0.120 e. The summed E-state index contributed by atoms with van der Waals surface area (Å²) in [7, 11) is 0. The van der Waals surface area contributed by atoms with E-state index in [0.717, 1.165) is 23.0 Å². The quantitative estimate of drug-likeness (QED) is 0.592. The number of allylic oxidation sites excluding steroid dienone is 2. The fourth-order valence-electron chi connectivity index (χ4n) is 1.87. The van der Waals surface area contributed by atoms with Crippen molar-refractivity contribution in [1.82, 2.24) is 0 Å². The van der Waals surface area contributed by atoms with Gasteiger partial charge in [0.15, 0.2) is 0 Å². The lowest BCUT2D eigenvalue weighted by molar-refractivity contribution is -0.107. The van der Waals surface area contributed by atoms with E-state index in [9.17, 15) is 4.79 Å². The Kier molecular flexibility index (Phi) is 5.82. The van der Waals surface area contributed by atoms with E-state index in [-0.39, 0.29) is 0 Å². The minimum atomic E-state index is 0.405. The van der Waals surface area contributed by atoms with Crippen molar-refractivity contribution in [3.8, 4) is 11.8 Å². The Labute approximate surface area is 130 Å². The van der Waals surface area contributed by atoms with E-state index in [1.54, 1.807) is 0 Å². The van der Waals surface area contributed by atoms with Crippen molar-refractivity contribution < 1.29 is 4.79 Å².